The van der Waals surface area contributed by atoms with Gasteiger partial charge in [-0.1, -0.05) is 18.2 Å². The third-order valence-electron chi connectivity index (χ3n) is 4.73. The Bertz CT molecular complexity index is 914. The summed E-state index contributed by atoms with van der Waals surface area (Å²) in [5, 5.41) is 2.09. The van der Waals surface area contributed by atoms with Crippen LogP contribution in [0.3, 0.4) is 0 Å². The highest BCUT2D eigenvalue weighted by molar-refractivity contribution is 5.95. The molecule has 0 fully saturated rings. The number of hydrogen-bond acceptors (Lipinski definition) is 3. The van der Waals surface area contributed by atoms with E-state index < -0.39 is 41.1 Å². The molecule has 1 amide bonds. The van der Waals surface area contributed by atoms with Gasteiger partial charge in [0.2, 0.25) is 0 Å². The van der Waals surface area contributed by atoms with Crippen molar-refractivity contribution >= 4 is 17.6 Å². The van der Waals surface area contributed by atoms with Crippen molar-refractivity contribution < 1.29 is 27.5 Å². The van der Waals surface area contributed by atoms with Gasteiger partial charge in [0.25, 0.3) is 5.91 Å². The number of esters is 1. The fraction of sp³-hybridized carbons (Fsp3) is 0.333. The highest BCUT2D eigenvalue weighted by atomic mass is 19.2. The van der Waals surface area contributed by atoms with Gasteiger partial charge in [0.1, 0.15) is 0 Å². The number of carbonyl (C=O) groups is 2. The highest BCUT2D eigenvalue weighted by Crippen LogP contribution is 2.23. The number of carbonyl (C=O) groups excluding carboxylic acids is 2. The molecule has 3 rings (SSSR count). The van der Waals surface area contributed by atoms with E-state index in [0.717, 1.165) is 30.9 Å². The first kappa shape index (κ1) is 19.9. The molecule has 0 bridgehead atoms. The average molecular weight is 391 g/mol. The van der Waals surface area contributed by atoms with Gasteiger partial charge >= 0.3 is 5.97 Å². The highest BCUT2D eigenvalue weighted by Gasteiger charge is 2.21. The molecule has 1 aliphatic rings. The van der Waals surface area contributed by atoms with Crippen LogP contribution in [0.2, 0.25) is 0 Å². The molecule has 0 aromatic heterocycles. The predicted molar refractivity (Wildman–Crippen MR) is 97.3 cm³/mol. The summed E-state index contributed by atoms with van der Waals surface area (Å²) in [6, 6.07) is 7.46. The van der Waals surface area contributed by atoms with Crippen molar-refractivity contribution in [2.45, 2.75) is 45.1 Å². The van der Waals surface area contributed by atoms with Crippen LogP contribution in [0, 0.1) is 17.5 Å². The standard InChI is InChI=1S/C21H20F3NO3/c1-12(21(27)25-17-9-8-16(22)19(23)20(17)24)28-18(26)11-13-6-7-14-4-2-3-5-15(14)10-13/h6-10,12H,2-5,11H2,1H3,(H,25,27)/t12-/m1/s1. The Labute approximate surface area is 160 Å². The second kappa shape index (κ2) is 8.46. The molecule has 0 spiro atoms. The number of halogens is 3. The number of benzene rings is 2. The first-order valence-corrected chi connectivity index (χ1v) is 9.09. The van der Waals surface area contributed by atoms with E-state index in [2.05, 4.69) is 5.32 Å². The number of fused-ring (bicyclic) bond motifs is 1. The summed E-state index contributed by atoms with van der Waals surface area (Å²) in [6.45, 7) is 1.32. The minimum atomic E-state index is -1.69. The van der Waals surface area contributed by atoms with Gasteiger partial charge in [0.15, 0.2) is 23.6 Å². The molecule has 28 heavy (non-hydrogen) atoms. The van der Waals surface area contributed by atoms with Crippen molar-refractivity contribution in [1.29, 1.82) is 0 Å². The van der Waals surface area contributed by atoms with Crippen LogP contribution >= 0.6 is 0 Å². The van der Waals surface area contributed by atoms with E-state index in [9.17, 15) is 22.8 Å². The summed E-state index contributed by atoms with van der Waals surface area (Å²) < 4.78 is 44.9. The summed E-state index contributed by atoms with van der Waals surface area (Å²) in [5.41, 5.74) is 2.80. The van der Waals surface area contributed by atoms with Gasteiger partial charge < -0.3 is 10.1 Å². The third-order valence-corrected chi connectivity index (χ3v) is 4.73. The number of anilines is 1. The third kappa shape index (κ3) is 4.52. The van der Waals surface area contributed by atoms with Gasteiger partial charge in [-0.05, 0) is 61.4 Å². The van der Waals surface area contributed by atoms with Gasteiger partial charge in [-0.25, -0.2) is 13.2 Å². The summed E-state index contributed by atoms with van der Waals surface area (Å²) in [5.74, 6) is -6.01. The Hall–Kier alpha value is -2.83. The van der Waals surface area contributed by atoms with Crippen LogP contribution in [0.1, 0.15) is 36.5 Å². The second-order valence-corrected chi connectivity index (χ2v) is 6.83. The van der Waals surface area contributed by atoms with Crippen LogP contribution in [0.4, 0.5) is 18.9 Å². The van der Waals surface area contributed by atoms with Gasteiger partial charge in [0, 0.05) is 0 Å². The molecule has 0 radical (unpaired) electrons. The minimum absolute atomic E-state index is 0.00440. The van der Waals surface area contributed by atoms with E-state index in [1.54, 1.807) is 0 Å². The molecular weight excluding hydrogens is 371 g/mol. The van der Waals surface area contributed by atoms with Gasteiger partial charge in [-0.3, -0.25) is 9.59 Å². The molecule has 2 aromatic carbocycles. The van der Waals surface area contributed by atoms with Crippen molar-refractivity contribution in [3.63, 3.8) is 0 Å². The Kier molecular flexibility index (Phi) is 6.02. The van der Waals surface area contributed by atoms with E-state index >= 15 is 0 Å². The lowest BCUT2D eigenvalue weighted by atomic mass is 9.90. The Morgan fingerprint density at radius 1 is 1.04 bits per heavy atom. The van der Waals surface area contributed by atoms with E-state index in [1.165, 1.54) is 24.5 Å². The van der Waals surface area contributed by atoms with Crippen LogP contribution in [0.25, 0.3) is 0 Å². The zero-order valence-electron chi connectivity index (χ0n) is 15.4. The van der Waals surface area contributed by atoms with Crippen LogP contribution in [0.15, 0.2) is 30.3 Å². The maximum absolute atomic E-state index is 13.6. The lowest BCUT2D eigenvalue weighted by Crippen LogP contribution is -2.31. The maximum Gasteiger partial charge on any atom is 0.311 e. The Morgan fingerprint density at radius 2 is 1.75 bits per heavy atom. The number of hydrogen-bond donors (Lipinski definition) is 1. The SMILES string of the molecule is C[C@@H](OC(=O)Cc1ccc2c(c1)CCCC2)C(=O)Nc1ccc(F)c(F)c1F. The molecule has 1 atom stereocenters. The first-order chi connectivity index (χ1) is 13.3. The summed E-state index contributed by atoms with van der Waals surface area (Å²) in [4.78, 5) is 24.2. The molecule has 0 saturated carbocycles. The van der Waals surface area contributed by atoms with E-state index in [-0.39, 0.29) is 6.42 Å². The lowest BCUT2D eigenvalue weighted by Gasteiger charge is -2.17. The first-order valence-electron chi connectivity index (χ1n) is 9.09. The molecule has 0 saturated heterocycles. The quantitative estimate of drug-likeness (QED) is 0.617. The van der Waals surface area contributed by atoms with Crippen molar-refractivity contribution in [2.75, 3.05) is 5.32 Å². The zero-order valence-corrected chi connectivity index (χ0v) is 15.4. The molecule has 7 heteroatoms. The van der Waals surface area contributed by atoms with E-state index in [1.807, 2.05) is 18.2 Å². The second-order valence-electron chi connectivity index (χ2n) is 6.83. The fourth-order valence-corrected chi connectivity index (χ4v) is 3.21. The van der Waals surface area contributed by atoms with Crippen molar-refractivity contribution in [3.05, 3.63) is 64.5 Å². The number of aryl methyl sites for hydroxylation is 2. The molecule has 1 aliphatic carbocycles. The monoisotopic (exact) mass is 391 g/mol. The molecule has 0 unspecified atom stereocenters. The zero-order chi connectivity index (χ0) is 20.3. The van der Waals surface area contributed by atoms with Crippen LogP contribution in [-0.2, 0) is 33.6 Å². The maximum atomic E-state index is 13.6. The molecule has 0 heterocycles. The van der Waals surface area contributed by atoms with Crippen LogP contribution < -0.4 is 5.32 Å². The topological polar surface area (TPSA) is 55.4 Å². The van der Waals surface area contributed by atoms with E-state index in [4.69, 9.17) is 4.74 Å². The van der Waals surface area contributed by atoms with Crippen molar-refractivity contribution in [3.8, 4) is 0 Å². The van der Waals surface area contributed by atoms with Gasteiger partial charge in [-0.15, -0.1) is 0 Å². The van der Waals surface area contributed by atoms with Gasteiger partial charge in [-0.2, -0.15) is 0 Å². The van der Waals surface area contributed by atoms with Crippen molar-refractivity contribution in [1.82, 2.24) is 0 Å². The molecular formula is C21H20F3NO3. The summed E-state index contributed by atoms with van der Waals surface area (Å²) >= 11 is 0. The summed E-state index contributed by atoms with van der Waals surface area (Å²) in [6.07, 6.45) is 3.09. The van der Waals surface area contributed by atoms with Crippen molar-refractivity contribution in [2.24, 2.45) is 0 Å². The molecule has 2 aromatic rings. The number of nitrogens with one attached hydrogen (secondary N) is 1. The Morgan fingerprint density at radius 3 is 2.50 bits per heavy atom. The van der Waals surface area contributed by atoms with Crippen LogP contribution in [-0.4, -0.2) is 18.0 Å². The lowest BCUT2D eigenvalue weighted by molar-refractivity contribution is -0.152. The van der Waals surface area contributed by atoms with Gasteiger partial charge in [0.05, 0.1) is 12.1 Å². The number of amides is 1. The largest absolute Gasteiger partial charge is 0.452 e. The molecule has 1 N–H and O–H groups in total. The summed E-state index contributed by atoms with van der Waals surface area (Å²) in [7, 11) is 0. The van der Waals surface area contributed by atoms with Crippen LogP contribution in [0.5, 0.6) is 0 Å². The van der Waals surface area contributed by atoms with E-state index in [0.29, 0.717) is 6.07 Å². The fourth-order valence-electron chi connectivity index (χ4n) is 3.21. The molecule has 0 aliphatic heterocycles. The Balaban J connectivity index is 1.58. The average Bonchev–Trinajstić information content (AvgIpc) is 2.68. The number of ether oxygens (including phenoxy) is 1. The number of rotatable bonds is 5. The molecule has 148 valence electrons. The molecule has 4 nitrogen and oxygen atoms in total. The normalized spacial score (nSPS) is 14.1. The predicted octanol–water partition coefficient (Wildman–Crippen LogP) is 4.10. The smallest absolute Gasteiger partial charge is 0.311 e. The minimum Gasteiger partial charge on any atom is -0.452 e.